The summed E-state index contributed by atoms with van der Waals surface area (Å²) in [7, 11) is 0. The Labute approximate surface area is 78.1 Å². The summed E-state index contributed by atoms with van der Waals surface area (Å²) < 4.78 is 0. The van der Waals surface area contributed by atoms with E-state index in [0.29, 0.717) is 5.92 Å². The Kier molecular flexibility index (Phi) is 3.76. The highest BCUT2D eigenvalue weighted by atomic mass is 32.1. The minimum absolute atomic E-state index is 0.289. The second-order valence-electron chi connectivity index (χ2n) is 3.27. The molecular weight excluding hydrogens is 168 g/mol. The molecule has 0 aliphatic rings. The third-order valence-electron chi connectivity index (χ3n) is 1.95. The SMILES string of the molecule is CCc1cc(C[C@@H](C)CO)cs1. The molecule has 0 spiro atoms. The fourth-order valence-corrected chi connectivity index (χ4v) is 2.04. The molecular formula is C10H16OS. The van der Waals surface area contributed by atoms with Crippen LogP contribution in [0.15, 0.2) is 11.4 Å². The summed E-state index contributed by atoms with van der Waals surface area (Å²) in [6.07, 6.45) is 2.13. The zero-order chi connectivity index (χ0) is 8.97. The summed E-state index contributed by atoms with van der Waals surface area (Å²) in [5.74, 6) is 0.393. The molecule has 1 N–H and O–H groups in total. The van der Waals surface area contributed by atoms with Gasteiger partial charge in [0.1, 0.15) is 0 Å². The Hall–Kier alpha value is -0.340. The monoisotopic (exact) mass is 184 g/mol. The van der Waals surface area contributed by atoms with Gasteiger partial charge in [0.2, 0.25) is 0 Å². The van der Waals surface area contributed by atoms with Crippen LogP contribution >= 0.6 is 11.3 Å². The molecule has 1 heterocycles. The van der Waals surface area contributed by atoms with E-state index in [1.54, 1.807) is 0 Å². The molecule has 0 radical (unpaired) electrons. The van der Waals surface area contributed by atoms with Crippen molar-refractivity contribution in [2.24, 2.45) is 5.92 Å². The highest BCUT2D eigenvalue weighted by molar-refractivity contribution is 7.10. The molecule has 1 aromatic heterocycles. The van der Waals surface area contributed by atoms with E-state index in [4.69, 9.17) is 5.11 Å². The molecule has 1 aromatic rings. The van der Waals surface area contributed by atoms with E-state index in [1.165, 1.54) is 10.4 Å². The Balaban J connectivity index is 2.52. The van der Waals surface area contributed by atoms with Crippen LogP contribution in [0.5, 0.6) is 0 Å². The molecule has 0 fully saturated rings. The Morgan fingerprint density at radius 1 is 1.58 bits per heavy atom. The second kappa shape index (κ2) is 4.63. The molecule has 1 rings (SSSR count). The first kappa shape index (κ1) is 9.75. The summed E-state index contributed by atoms with van der Waals surface area (Å²) in [6, 6.07) is 2.25. The maximum absolute atomic E-state index is 8.86. The average Bonchev–Trinajstić information content (AvgIpc) is 2.52. The van der Waals surface area contributed by atoms with Crippen molar-refractivity contribution in [1.82, 2.24) is 0 Å². The summed E-state index contributed by atoms with van der Waals surface area (Å²) >= 11 is 1.82. The number of aliphatic hydroxyl groups excluding tert-OH is 1. The van der Waals surface area contributed by atoms with Gasteiger partial charge in [-0.15, -0.1) is 11.3 Å². The molecule has 0 saturated heterocycles. The third kappa shape index (κ3) is 2.61. The van der Waals surface area contributed by atoms with Crippen LogP contribution in [-0.2, 0) is 12.8 Å². The molecule has 1 nitrogen and oxygen atoms in total. The van der Waals surface area contributed by atoms with Crippen LogP contribution in [0, 0.1) is 5.92 Å². The normalized spacial score (nSPS) is 13.2. The molecule has 0 amide bonds. The third-order valence-corrected chi connectivity index (χ3v) is 3.08. The van der Waals surface area contributed by atoms with Crippen LogP contribution in [0.4, 0.5) is 0 Å². The minimum Gasteiger partial charge on any atom is -0.396 e. The Bertz CT molecular complexity index is 229. The van der Waals surface area contributed by atoms with Gasteiger partial charge in [-0.1, -0.05) is 13.8 Å². The fraction of sp³-hybridized carbons (Fsp3) is 0.600. The first-order valence-corrected chi connectivity index (χ1v) is 5.31. The van der Waals surface area contributed by atoms with Gasteiger partial charge in [0.15, 0.2) is 0 Å². The van der Waals surface area contributed by atoms with Crippen LogP contribution in [0.3, 0.4) is 0 Å². The smallest absolute Gasteiger partial charge is 0.0459 e. The van der Waals surface area contributed by atoms with Crippen molar-refractivity contribution < 1.29 is 5.11 Å². The number of aryl methyl sites for hydroxylation is 1. The van der Waals surface area contributed by atoms with Gasteiger partial charge in [-0.2, -0.15) is 0 Å². The zero-order valence-corrected chi connectivity index (χ0v) is 8.53. The maximum Gasteiger partial charge on any atom is 0.0459 e. The van der Waals surface area contributed by atoms with Crippen LogP contribution in [-0.4, -0.2) is 11.7 Å². The standard InChI is InChI=1S/C10H16OS/c1-3-10-5-9(7-12-10)4-8(2)6-11/h5,7-8,11H,3-4,6H2,1-2H3/t8-/m1/s1. The van der Waals surface area contributed by atoms with Gasteiger partial charge >= 0.3 is 0 Å². The number of hydrogen-bond acceptors (Lipinski definition) is 2. The molecule has 0 aliphatic heterocycles. The van der Waals surface area contributed by atoms with E-state index in [-0.39, 0.29) is 6.61 Å². The average molecular weight is 184 g/mol. The van der Waals surface area contributed by atoms with E-state index < -0.39 is 0 Å². The lowest BCUT2D eigenvalue weighted by Gasteiger charge is -2.04. The topological polar surface area (TPSA) is 20.2 Å². The fourth-order valence-electron chi connectivity index (χ4n) is 1.19. The van der Waals surface area contributed by atoms with Crippen molar-refractivity contribution >= 4 is 11.3 Å². The zero-order valence-electron chi connectivity index (χ0n) is 7.71. The van der Waals surface area contributed by atoms with E-state index in [0.717, 1.165) is 12.8 Å². The molecule has 0 aliphatic carbocycles. The van der Waals surface area contributed by atoms with Crippen molar-refractivity contribution in [1.29, 1.82) is 0 Å². The number of rotatable bonds is 4. The van der Waals surface area contributed by atoms with E-state index in [2.05, 4.69) is 25.3 Å². The van der Waals surface area contributed by atoms with Gasteiger partial charge in [0.05, 0.1) is 0 Å². The highest BCUT2D eigenvalue weighted by Crippen LogP contribution is 2.17. The van der Waals surface area contributed by atoms with E-state index in [1.807, 2.05) is 11.3 Å². The van der Waals surface area contributed by atoms with E-state index >= 15 is 0 Å². The van der Waals surface area contributed by atoms with Crippen molar-refractivity contribution in [2.45, 2.75) is 26.7 Å². The number of hydrogen-bond donors (Lipinski definition) is 1. The molecule has 12 heavy (non-hydrogen) atoms. The summed E-state index contributed by atoms with van der Waals surface area (Å²) in [5.41, 5.74) is 1.37. The second-order valence-corrected chi connectivity index (χ2v) is 4.26. The maximum atomic E-state index is 8.86. The summed E-state index contributed by atoms with van der Waals surface area (Å²) in [4.78, 5) is 1.44. The van der Waals surface area contributed by atoms with Gasteiger partial charge in [-0.3, -0.25) is 0 Å². The van der Waals surface area contributed by atoms with Gasteiger partial charge in [-0.25, -0.2) is 0 Å². The predicted molar refractivity (Wildman–Crippen MR) is 53.7 cm³/mol. The highest BCUT2D eigenvalue weighted by Gasteiger charge is 2.03. The first-order valence-electron chi connectivity index (χ1n) is 4.43. The van der Waals surface area contributed by atoms with Crippen molar-refractivity contribution in [3.8, 4) is 0 Å². The first-order chi connectivity index (χ1) is 5.76. The lowest BCUT2D eigenvalue weighted by molar-refractivity contribution is 0.237. The number of aliphatic hydroxyl groups is 1. The van der Waals surface area contributed by atoms with Crippen LogP contribution in [0.2, 0.25) is 0 Å². The molecule has 68 valence electrons. The van der Waals surface area contributed by atoms with Gasteiger partial charge in [-0.05, 0) is 35.8 Å². The quantitative estimate of drug-likeness (QED) is 0.762. The lowest BCUT2D eigenvalue weighted by Crippen LogP contribution is -2.03. The molecule has 1 atom stereocenters. The van der Waals surface area contributed by atoms with Crippen molar-refractivity contribution in [3.05, 3.63) is 21.9 Å². The van der Waals surface area contributed by atoms with Crippen molar-refractivity contribution in [3.63, 3.8) is 0 Å². The summed E-state index contributed by atoms with van der Waals surface area (Å²) in [5, 5.41) is 11.1. The van der Waals surface area contributed by atoms with Gasteiger partial charge in [0, 0.05) is 11.5 Å². The van der Waals surface area contributed by atoms with E-state index in [9.17, 15) is 0 Å². The van der Waals surface area contributed by atoms with Crippen LogP contribution < -0.4 is 0 Å². The molecule has 2 heteroatoms. The molecule has 0 bridgehead atoms. The lowest BCUT2D eigenvalue weighted by atomic mass is 10.0. The molecule has 0 saturated carbocycles. The van der Waals surface area contributed by atoms with Crippen LogP contribution in [0.1, 0.15) is 24.3 Å². The van der Waals surface area contributed by atoms with Crippen molar-refractivity contribution in [2.75, 3.05) is 6.61 Å². The number of thiophene rings is 1. The predicted octanol–water partition coefficient (Wildman–Crippen LogP) is 2.48. The van der Waals surface area contributed by atoms with Gasteiger partial charge < -0.3 is 5.11 Å². The Morgan fingerprint density at radius 2 is 2.33 bits per heavy atom. The molecule has 0 aromatic carbocycles. The Morgan fingerprint density at radius 3 is 2.83 bits per heavy atom. The largest absolute Gasteiger partial charge is 0.396 e. The van der Waals surface area contributed by atoms with Gasteiger partial charge in [0.25, 0.3) is 0 Å². The molecule has 0 unspecified atom stereocenters. The summed E-state index contributed by atoms with van der Waals surface area (Å²) in [6.45, 7) is 4.53. The minimum atomic E-state index is 0.289. The van der Waals surface area contributed by atoms with Crippen LogP contribution in [0.25, 0.3) is 0 Å².